The summed E-state index contributed by atoms with van der Waals surface area (Å²) in [7, 11) is 0. The van der Waals surface area contributed by atoms with Crippen LogP contribution in [0, 0.1) is 25.2 Å². The highest BCUT2D eigenvalue weighted by Gasteiger charge is 2.53. The van der Waals surface area contributed by atoms with Crippen LogP contribution in [-0.4, -0.2) is 90.8 Å². The van der Waals surface area contributed by atoms with Gasteiger partial charge in [-0.3, -0.25) is 19.2 Å². The molecule has 0 spiro atoms. The summed E-state index contributed by atoms with van der Waals surface area (Å²) in [6.07, 6.45) is 6.10. The molecule has 0 radical (unpaired) electrons. The highest BCUT2D eigenvalue weighted by molar-refractivity contribution is 6.33. The van der Waals surface area contributed by atoms with Gasteiger partial charge >= 0.3 is 6.03 Å². The van der Waals surface area contributed by atoms with E-state index < -0.39 is 12.1 Å². The zero-order valence-corrected chi connectivity index (χ0v) is 29.2. The molecule has 0 aliphatic carbocycles. The number of ether oxygens (including phenoxy) is 1. The van der Waals surface area contributed by atoms with Crippen molar-refractivity contribution in [2.75, 3.05) is 41.4 Å². The van der Waals surface area contributed by atoms with Gasteiger partial charge in [0.15, 0.2) is 17.5 Å². The van der Waals surface area contributed by atoms with Crippen LogP contribution in [0.3, 0.4) is 0 Å². The average molecular weight is 710 g/mol. The summed E-state index contributed by atoms with van der Waals surface area (Å²) in [4.78, 5) is 61.7. The van der Waals surface area contributed by atoms with Crippen molar-refractivity contribution in [3.63, 3.8) is 0 Å². The molecule has 0 saturated carbocycles. The summed E-state index contributed by atoms with van der Waals surface area (Å²) in [5, 5.41) is 17.1. The van der Waals surface area contributed by atoms with Gasteiger partial charge in [0, 0.05) is 37.5 Å². The summed E-state index contributed by atoms with van der Waals surface area (Å²) in [5.74, 6) is 1.24. The number of carbonyl (C=O) groups is 3. The molecule has 1 aromatic carbocycles. The predicted molar refractivity (Wildman–Crippen MR) is 188 cm³/mol. The van der Waals surface area contributed by atoms with Crippen molar-refractivity contribution in [1.82, 2.24) is 34.6 Å². The molecule has 1 N–H and O–H groups in total. The number of imide groups is 1. The van der Waals surface area contributed by atoms with Gasteiger partial charge in [-0.05, 0) is 76.3 Å². The van der Waals surface area contributed by atoms with E-state index in [0.29, 0.717) is 78.3 Å². The van der Waals surface area contributed by atoms with E-state index in [2.05, 4.69) is 20.4 Å². The lowest BCUT2D eigenvalue weighted by atomic mass is 10.1. The number of fused-ring (bicyclic) bond motifs is 2. The molecule has 2 atom stereocenters. The molecule has 2 saturated heterocycles. The normalized spacial score (nSPS) is 18.3. The maximum Gasteiger partial charge on any atom is 0.332 e. The molecular weight excluding hydrogens is 674 g/mol. The second-order valence-corrected chi connectivity index (χ2v) is 13.0. The fourth-order valence-electron chi connectivity index (χ4n) is 6.81. The van der Waals surface area contributed by atoms with E-state index >= 15 is 0 Å². The first-order valence-electron chi connectivity index (χ1n) is 16.9. The third-order valence-corrected chi connectivity index (χ3v) is 9.98. The van der Waals surface area contributed by atoms with Crippen molar-refractivity contribution < 1.29 is 19.1 Å². The highest BCUT2D eigenvalue weighted by Crippen LogP contribution is 2.37. The fourth-order valence-corrected chi connectivity index (χ4v) is 7.01. The van der Waals surface area contributed by atoms with Crippen LogP contribution >= 0.6 is 11.6 Å². The minimum Gasteiger partial charge on any atom is -0.375 e. The number of pyridine rings is 1. The Kier molecular flexibility index (Phi) is 9.37. The molecule has 3 aliphatic rings. The number of nitriles is 1. The van der Waals surface area contributed by atoms with Crippen molar-refractivity contribution in [3.05, 3.63) is 58.6 Å². The molecule has 262 valence electrons. The molecule has 15 nitrogen and oxygen atoms in total. The number of likely N-dealkylation sites (N-methyl/N-ethyl adjacent to an activating group) is 1. The van der Waals surface area contributed by atoms with E-state index in [4.69, 9.17) is 26.3 Å². The monoisotopic (exact) mass is 709 g/mol. The number of rotatable bonds is 11. The molecular formula is C35H36ClN11O4. The lowest BCUT2D eigenvalue weighted by Crippen LogP contribution is -2.40. The lowest BCUT2D eigenvalue weighted by molar-refractivity contribution is -0.122. The average Bonchev–Trinajstić information content (AvgIpc) is 3.84. The van der Waals surface area contributed by atoms with Gasteiger partial charge < -0.3 is 15.0 Å². The number of unbranched alkanes of at least 4 members (excludes halogenated alkanes) is 2. The van der Waals surface area contributed by atoms with Gasteiger partial charge in [-0.2, -0.15) is 5.26 Å². The van der Waals surface area contributed by atoms with E-state index in [0.717, 1.165) is 35.4 Å². The molecule has 2 fully saturated rings. The number of aryl methyl sites for hydroxylation is 2. The van der Waals surface area contributed by atoms with Crippen LogP contribution in [-0.2, 0) is 20.9 Å². The fraction of sp³-hybridized carbons (Fsp3) is 0.400. The first-order chi connectivity index (χ1) is 24.7. The van der Waals surface area contributed by atoms with Crippen LogP contribution in [0.4, 0.5) is 22.1 Å². The number of hydrogen-bond donors (Lipinski definition) is 1. The van der Waals surface area contributed by atoms with Crippen LogP contribution in [0.25, 0.3) is 22.8 Å². The summed E-state index contributed by atoms with van der Waals surface area (Å²) < 4.78 is 7.93. The molecule has 4 aromatic rings. The molecule has 6 heterocycles. The van der Waals surface area contributed by atoms with Gasteiger partial charge in [0.25, 0.3) is 5.91 Å². The zero-order chi connectivity index (χ0) is 35.8. The maximum absolute atomic E-state index is 13.4. The minimum absolute atomic E-state index is 0.0477. The number of nitrogens with one attached hydrogen (secondary N) is 1. The van der Waals surface area contributed by atoms with Crippen LogP contribution < -0.4 is 15.1 Å². The van der Waals surface area contributed by atoms with Crippen molar-refractivity contribution in [1.29, 1.82) is 5.26 Å². The van der Waals surface area contributed by atoms with Crippen molar-refractivity contribution in [2.45, 2.75) is 65.1 Å². The molecule has 0 bridgehead atoms. The quantitative estimate of drug-likeness (QED) is 0.171. The third kappa shape index (κ3) is 6.25. The standard InChI is InChI=1S/C35H36ClN11O4/c1-4-45-28(48)18-39-32-33(45)42-25(17-38-32)23-9-10-24(41-21(23)3)31-40-19-44(43-31)13-6-5-7-15-51-27-12-14-46-30(27)34(49)47(35(46)50)26-11-8-22(16-37)29(36)20(26)2/h8-11,17,19,27,30H,4-7,12-15,18H2,1-3H3,(H,38,39)/t27?,30-/m0/s1. The Balaban J connectivity index is 0.898. The Morgan fingerprint density at radius 2 is 1.90 bits per heavy atom. The van der Waals surface area contributed by atoms with E-state index in [1.165, 1.54) is 6.07 Å². The Hall–Kier alpha value is -5.46. The largest absolute Gasteiger partial charge is 0.375 e. The van der Waals surface area contributed by atoms with E-state index in [-0.39, 0.29) is 29.5 Å². The molecule has 1 unspecified atom stereocenters. The summed E-state index contributed by atoms with van der Waals surface area (Å²) in [5.41, 5.74) is 4.02. The highest BCUT2D eigenvalue weighted by atomic mass is 35.5. The molecule has 16 heteroatoms. The number of aromatic nitrogens is 6. The van der Waals surface area contributed by atoms with Crippen LogP contribution in [0.1, 0.15) is 49.4 Å². The first-order valence-corrected chi connectivity index (χ1v) is 17.3. The van der Waals surface area contributed by atoms with Crippen molar-refractivity contribution >= 4 is 46.8 Å². The van der Waals surface area contributed by atoms with Gasteiger partial charge in [0.05, 0.1) is 40.8 Å². The Morgan fingerprint density at radius 1 is 1.06 bits per heavy atom. The molecule has 7 rings (SSSR count). The van der Waals surface area contributed by atoms with Gasteiger partial charge in [0.2, 0.25) is 5.91 Å². The van der Waals surface area contributed by atoms with E-state index in [1.807, 2.05) is 32.0 Å². The SMILES string of the molecule is CCN1C(=O)CNc2ncc(-c3ccc(-c4ncn(CCCCCOC5CCN6C(=O)N(c7ccc(C#N)c(Cl)c7C)C(=O)[C@H]56)n4)nc3C)nc21. The first kappa shape index (κ1) is 34.0. The second kappa shape index (κ2) is 14.0. The predicted octanol–water partition coefficient (Wildman–Crippen LogP) is 4.51. The number of urea groups is 1. The number of amides is 4. The summed E-state index contributed by atoms with van der Waals surface area (Å²) in [6.45, 7) is 7.78. The number of halogens is 1. The number of benzene rings is 1. The number of hydrogen-bond acceptors (Lipinski definition) is 11. The number of nitrogens with zero attached hydrogens (tertiary/aromatic N) is 10. The summed E-state index contributed by atoms with van der Waals surface area (Å²) in [6, 6.07) is 7.85. The molecule has 3 aliphatic heterocycles. The van der Waals surface area contributed by atoms with Gasteiger partial charge in [-0.25, -0.2) is 29.6 Å². The van der Waals surface area contributed by atoms with Gasteiger partial charge in [-0.1, -0.05) is 11.6 Å². The van der Waals surface area contributed by atoms with Crippen molar-refractivity contribution in [3.8, 4) is 28.8 Å². The maximum atomic E-state index is 13.4. The number of anilines is 3. The van der Waals surface area contributed by atoms with Crippen LogP contribution in [0.2, 0.25) is 5.02 Å². The molecule has 4 amide bonds. The Labute approximate surface area is 299 Å². The van der Waals surface area contributed by atoms with Gasteiger partial charge in [-0.15, -0.1) is 5.10 Å². The second-order valence-electron chi connectivity index (χ2n) is 12.6. The van der Waals surface area contributed by atoms with E-state index in [9.17, 15) is 19.6 Å². The third-order valence-electron chi connectivity index (χ3n) is 9.50. The van der Waals surface area contributed by atoms with Crippen LogP contribution in [0.5, 0.6) is 0 Å². The zero-order valence-electron chi connectivity index (χ0n) is 28.5. The minimum atomic E-state index is -0.675. The summed E-state index contributed by atoms with van der Waals surface area (Å²) >= 11 is 6.32. The topological polar surface area (TPSA) is 175 Å². The van der Waals surface area contributed by atoms with Gasteiger partial charge in [0.1, 0.15) is 24.1 Å². The smallest absolute Gasteiger partial charge is 0.332 e. The Bertz CT molecular complexity index is 2080. The van der Waals surface area contributed by atoms with E-state index in [1.54, 1.807) is 40.0 Å². The van der Waals surface area contributed by atoms with Crippen LogP contribution in [0.15, 0.2) is 36.8 Å². The molecule has 3 aromatic heterocycles. The Morgan fingerprint density at radius 3 is 2.69 bits per heavy atom. The molecule has 51 heavy (non-hydrogen) atoms. The lowest BCUT2D eigenvalue weighted by Gasteiger charge is -2.27. The van der Waals surface area contributed by atoms with Crippen molar-refractivity contribution in [2.24, 2.45) is 0 Å². The number of carbonyl (C=O) groups excluding carboxylic acids is 3.